The van der Waals surface area contributed by atoms with E-state index in [2.05, 4.69) is 10.6 Å². The van der Waals surface area contributed by atoms with Crippen molar-refractivity contribution >= 4 is 17.6 Å². The van der Waals surface area contributed by atoms with Crippen LogP contribution < -0.4 is 21.1 Å². The first-order valence-corrected chi connectivity index (χ1v) is 5.67. The maximum Gasteiger partial charge on any atom is 0.321 e. The molecule has 1 aromatic rings. The van der Waals surface area contributed by atoms with E-state index in [4.69, 9.17) is 15.2 Å². The van der Waals surface area contributed by atoms with Gasteiger partial charge in [-0.3, -0.25) is 10.1 Å². The van der Waals surface area contributed by atoms with E-state index in [9.17, 15) is 9.59 Å². The standard InChI is InChI=1S/C12H17N3O4/c1-18-6-5-14-12(17)15-11(16)8-19-10-4-2-3-9(13)7-10/h2-4,7H,5-6,8,13H2,1H3,(H2,14,15,16,17). The van der Waals surface area contributed by atoms with Crippen molar-refractivity contribution in [3.63, 3.8) is 0 Å². The fourth-order valence-corrected chi connectivity index (χ4v) is 1.23. The minimum Gasteiger partial charge on any atom is -0.484 e. The molecule has 0 fully saturated rings. The van der Waals surface area contributed by atoms with Crippen LogP contribution in [0.15, 0.2) is 24.3 Å². The van der Waals surface area contributed by atoms with Crippen LogP contribution in [-0.4, -0.2) is 38.8 Å². The molecule has 0 aliphatic heterocycles. The largest absolute Gasteiger partial charge is 0.484 e. The predicted molar refractivity (Wildman–Crippen MR) is 69.8 cm³/mol. The Balaban J connectivity index is 2.26. The molecule has 0 saturated carbocycles. The second-order valence-corrected chi connectivity index (χ2v) is 3.66. The Labute approximate surface area is 111 Å². The molecule has 104 valence electrons. The van der Waals surface area contributed by atoms with Gasteiger partial charge in [0.1, 0.15) is 5.75 Å². The monoisotopic (exact) mass is 267 g/mol. The number of carbonyl (C=O) groups is 2. The van der Waals surface area contributed by atoms with Crippen LogP contribution in [0.25, 0.3) is 0 Å². The average molecular weight is 267 g/mol. The lowest BCUT2D eigenvalue weighted by atomic mass is 10.3. The number of carbonyl (C=O) groups excluding carboxylic acids is 2. The SMILES string of the molecule is COCCNC(=O)NC(=O)COc1cccc(N)c1. The summed E-state index contributed by atoms with van der Waals surface area (Å²) in [5.41, 5.74) is 6.09. The van der Waals surface area contributed by atoms with Crippen LogP contribution in [0.4, 0.5) is 10.5 Å². The zero-order valence-electron chi connectivity index (χ0n) is 10.6. The van der Waals surface area contributed by atoms with E-state index in [0.717, 1.165) is 0 Å². The van der Waals surface area contributed by atoms with Crippen LogP contribution in [0, 0.1) is 0 Å². The summed E-state index contributed by atoms with van der Waals surface area (Å²) < 4.78 is 9.93. The molecule has 0 spiro atoms. The van der Waals surface area contributed by atoms with Crippen LogP contribution in [0.5, 0.6) is 5.75 Å². The summed E-state index contributed by atoms with van der Waals surface area (Å²) >= 11 is 0. The van der Waals surface area contributed by atoms with Gasteiger partial charge in [-0.1, -0.05) is 6.07 Å². The summed E-state index contributed by atoms with van der Waals surface area (Å²) in [5, 5.41) is 4.57. The van der Waals surface area contributed by atoms with Gasteiger partial charge in [0.2, 0.25) is 0 Å². The number of rotatable bonds is 6. The molecule has 7 nitrogen and oxygen atoms in total. The highest BCUT2D eigenvalue weighted by Crippen LogP contribution is 2.13. The minimum absolute atomic E-state index is 0.263. The van der Waals surface area contributed by atoms with Crippen molar-refractivity contribution in [1.82, 2.24) is 10.6 Å². The third kappa shape index (κ3) is 6.27. The highest BCUT2D eigenvalue weighted by molar-refractivity contribution is 5.94. The second kappa shape index (κ2) is 7.93. The Kier molecular flexibility index (Phi) is 6.17. The van der Waals surface area contributed by atoms with E-state index < -0.39 is 11.9 Å². The van der Waals surface area contributed by atoms with E-state index in [0.29, 0.717) is 24.6 Å². The summed E-state index contributed by atoms with van der Waals surface area (Å²) in [7, 11) is 1.52. The summed E-state index contributed by atoms with van der Waals surface area (Å²) in [4.78, 5) is 22.6. The highest BCUT2D eigenvalue weighted by Gasteiger charge is 2.07. The molecule has 3 amide bonds. The topological polar surface area (TPSA) is 103 Å². The van der Waals surface area contributed by atoms with Crippen molar-refractivity contribution in [2.75, 3.05) is 32.6 Å². The number of anilines is 1. The summed E-state index contributed by atoms with van der Waals surface area (Å²) in [6.45, 7) is 0.439. The van der Waals surface area contributed by atoms with Gasteiger partial charge in [-0.2, -0.15) is 0 Å². The number of amides is 3. The zero-order chi connectivity index (χ0) is 14.1. The van der Waals surface area contributed by atoms with Crippen molar-refractivity contribution in [3.8, 4) is 5.75 Å². The third-order valence-electron chi connectivity index (χ3n) is 2.07. The summed E-state index contributed by atoms with van der Waals surface area (Å²) in [5.74, 6) is -0.0766. The molecular formula is C12H17N3O4. The molecule has 0 bridgehead atoms. The molecule has 0 radical (unpaired) electrons. The van der Waals surface area contributed by atoms with E-state index in [-0.39, 0.29) is 6.61 Å². The normalized spacial score (nSPS) is 9.74. The molecule has 0 atom stereocenters. The van der Waals surface area contributed by atoms with Gasteiger partial charge in [0, 0.05) is 25.4 Å². The minimum atomic E-state index is -0.585. The van der Waals surface area contributed by atoms with Crippen molar-refractivity contribution in [2.45, 2.75) is 0 Å². The van der Waals surface area contributed by atoms with Crippen LogP contribution in [0.2, 0.25) is 0 Å². The average Bonchev–Trinajstić information content (AvgIpc) is 2.37. The van der Waals surface area contributed by atoms with Gasteiger partial charge in [-0.15, -0.1) is 0 Å². The first-order chi connectivity index (χ1) is 9.11. The molecule has 1 rings (SSSR count). The van der Waals surface area contributed by atoms with Gasteiger partial charge in [0.25, 0.3) is 5.91 Å². The first-order valence-electron chi connectivity index (χ1n) is 5.67. The fraction of sp³-hybridized carbons (Fsp3) is 0.333. The molecule has 0 unspecified atom stereocenters. The van der Waals surface area contributed by atoms with E-state index in [1.165, 1.54) is 7.11 Å². The summed E-state index contributed by atoms with van der Waals surface area (Å²) in [6, 6.07) is 6.09. The van der Waals surface area contributed by atoms with Gasteiger partial charge in [-0.05, 0) is 12.1 Å². The molecule has 0 saturated heterocycles. The molecule has 0 aromatic heterocycles. The quantitative estimate of drug-likeness (QED) is 0.502. The van der Waals surface area contributed by atoms with Crippen molar-refractivity contribution in [2.24, 2.45) is 0 Å². The Morgan fingerprint density at radius 2 is 2.16 bits per heavy atom. The molecule has 0 aliphatic carbocycles. The summed E-state index contributed by atoms with van der Waals surface area (Å²) in [6.07, 6.45) is 0. The molecular weight excluding hydrogens is 250 g/mol. The first kappa shape index (κ1) is 14.8. The number of imide groups is 1. The van der Waals surface area contributed by atoms with E-state index in [1.54, 1.807) is 24.3 Å². The van der Waals surface area contributed by atoms with Gasteiger partial charge in [0.15, 0.2) is 6.61 Å². The van der Waals surface area contributed by atoms with Gasteiger partial charge < -0.3 is 20.5 Å². The van der Waals surface area contributed by atoms with Gasteiger partial charge in [-0.25, -0.2) is 4.79 Å². The van der Waals surface area contributed by atoms with Crippen LogP contribution >= 0.6 is 0 Å². The maximum absolute atomic E-state index is 11.4. The van der Waals surface area contributed by atoms with Crippen molar-refractivity contribution in [1.29, 1.82) is 0 Å². The lowest BCUT2D eigenvalue weighted by Gasteiger charge is -2.08. The van der Waals surface area contributed by atoms with E-state index in [1.807, 2.05) is 0 Å². The number of nitrogens with two attached hydrogens (primary N) is 1. The van der Waals surface area contributed by atoms with Crippen LogP contribution in [-0.2, 0) is 9.53 Å². The van der Waals surface area contributed by atoms with Gasteiger partial charge in [0.05, 0.1) is 6.61 Å². The Morgan fingerprint density at radius 3 is 2.84 bits per heavy atom. The number of nitrogen functional groups attached to an aromatic ring is 1. The van der Waals surface area contributed by atoms with Crippen molar-refractivity contribution < 1.29 is 19.1 Å². The van der Waals surface area contributed by atoms with E-state index >= 15 is 0 Å². The number of methoxy groups -OCH3 is 1. The lowest BCUT2D eigenvalue weighted by molar-refractivity contribution is -0.122. The number of nitrogens with one attached hydrogen (secondary N) is 2. The molecule has 0 heterocycles. The zero-order valence-corrected chi connectivity index (χ0v) is 10.6. The van der Waals surface area contributed by atoms with Crippen molar-refractivity contribution in [3.05, 3.63) is 24.3 Å². The molecule has 1 aromatic carbocycles. The number of ether oxygens (including phenoxy) is 2. The highest BCUT2D eigenvalue weighted by atomic mass is 16.5. The van der Waals surface area contributed by atoms with Gasteiger partial charge >= 0.3 is 6.03 Å². The third-order valence-corrected chi connectivity index (χ3v) is 2.07. The fourth-order valence-electron chi connectivity index (χ4n) is 1.23. The molecule has 4 N–H and O–H groups in total. The Bertz CT molecular complexity index is 437. The second-order valence-electron chi connectivity index (χ2n) is 3.66. The number of benzene rings is 1. The molecule has 19 heavy (non-hydrogen) atoms. The smallest absolute Gasteiger partial charge is 0.321 e. The predicted octanol–water partition coefficient (Wildman–Crippen LogP) is 0.120. The molecule has 7 heteroatoms. The van der Waals surface area contributed by atoms with Crippen LogP contribution in [0.1, 0.15) is 0 Å². The number of hydrogen-bond donors (Lipinski definition) is 3. The number of hydrogen-bond acceptors (Lipinski definition) is 5. The molecule has 0 aliphatic rings. The Hall–Kier alpha value is -2.28. The Morgan fingerprint density at radius 1 is 1.37 bits per heavy atom. The lowest BCUT2D eigenvalue weighted by Crippen LogP contribution is -2.42. The van der Waals surface area contributed by atoms with Crippen LogP contribution in [0.3, 0.4) is 0 Å². The maximum atomic E-state index is 11.4. The number of urea groups is 1.